The molecule has 0 spiro atoms. The van der Waals surface area contributed by atoms with Gasteiger partial charge in [0.2, 0.25) is 0 Å². The third-order valence-electron chi connectivity index (χ3n) is 12.9. The zero-order valence-corrected chi connectivity index (χ0v) is 32.8. The smallest absolute Gasteiger partial charge is 0.252 e. The molecule has 0 bridgehead atoms. The van der Waals surface area contributed by atoms with Crippen molar-refractivity contribution in [1.29, 1.82) is 0 Å². The fraction of sp³-hybridized carbons (Fsp3) is 0.0545. The van der Waals surface area contributed by atoms with Gasteiger partial charge in [-0.25, -0.2) is 0 Å². The van der Waals surface area contributed by atoms with Crippen LogP contribution in [0.5, 0.6) is 0 Å². The van der Waals surface area contributed by atoms with Gasteiger partial charge in [0, 0.05) is 44.9 Å². The van der Waals surface area contributed by atoms with Gasteiger partial charge in [-0.15, -0.1) is 0 Å². The highest BCUT2D eigenvalue weighted by molar-refractivity contribution is 7.00. The Morgan fingerprint density at radius 1 is 0.458 bits per heavy atom. The number of para-hydroxylation sites is 4. The van der Waals surface area contributed by atoms with E-state index in [4.69, 9.17) is 0 Å². The van der Waals surface area contributed by atoms with Gasteiger partial charge in [0.15, 0.2) is 0 Å². The predicted octanol–water partition coefficient (Wildman–Crippen LogP) is 12.1. The number of nitrogens with zero attached hydrogens (tertiary/aromatic N) is 3. The molecule has 59 heavy (non-hydrogen) atoms. The third-order valence-corrected chi connectivity index (χ3v) is 12.9. The average molecular weight is 754 g/mol. The second-order valence-electron chi connectivity index (χ2n) is 16.3. The standard InChI is InChI=1S/C55H40BN3/c1-55(34-13-4-14-35-55)59-51-33-31-41(37-47(51)56-46-21-10-12-23-50(46)58(43-18-7-3-8-19-43)52-24-15-25-53(59)54(52)56)39-28-26-38(27-29-39)40-30-32-49-45(36-40)44-20-9-11-22-48(44)57(49)42-16-5-2-6-17-42/h2-34,36-37H,35H2,1H3. The van der Waals surface area contributed by atoms with Gasteiger partial charge >= 0.3 is 0 Å². The second kappa shape index (κ2) is 13.1. The Morgan fingerprint density at radius 3 is 1.86 bits per heavy atom. The van der Waals surface area contributed by atoms with Crippen LogP contribution in [0.15, 0.2) is 212 Å². The lowest BCUT2D eigenvalue weighted by Gasteiger charge is -2.49. The summed E-state index contributed by atoms with van der Waals surface area (Å²) in [5, 5.41) is 2.53. The van der Waals surface area contributed by atoms with Gasteiger partial charge < -0.3 is 14.4 Å². The first-order chi connectivity index (χ1) is 29.1. The first-order valence-corrected chi connectivity index (χ1v) is 20.7. The molecular weight excluding hydrogens is 713 g/mol. The number of anilines is 5. The normalized spacial score (nSPS) is 16.3. The van der Waals surface area contributed by atoms with Gasteiger partial charge in [-0.1, -0.05) is 146 Å². The summed E-state index contributed by atoms with van der Waals surface area (Å²) in [6.45, 7) is 2.46. The maximum absolute atomic E-state index is 2.62. The molecule has 0 amide bonds. The maximum atomic E-state index is 2.62. The summed E-state index contributed by atoms with van der Waals surface area (Å²) >= 11 is 0. The fourth-order valence-electron chi connectivity index (χ4n) is 10.2. The molecule has 9 aromatic rings. The van der Waals surface area contributed by atoms with Crippen molar-refractivity contribution in [3.63, 3.8) is 0 Å². The molecule has 1 aliphatic carbocycles. The number of hydrogen-bond acceptors (Lipinski definition) is 2. The third kappa shape index (κ3) is 5.16. The van der Waals surface area contributed by atoms with E-state index >= 15 is 0 Å². The summed E-state index contributed by atoms with van der Waals surface area (Å²) in [6, 6.07) is 69.5. The van der Waals surface area contributed by atoms with E-state index in [0.717, 1.165) is 6.42 Å². The summed E-state index contributed by atoms with van der Waals surface area (Å²) < 4.78 is 2.38. The summed E-state index contributed by atoms with van der Waals surface area (Å²) in [5.74, 6) is 0. The van der Waals surface area contributed by atoms with E-state index in [1.54, 1.807) is 0 Å². The Bertz CT molecular complexity index is 3160. The number of allylic oxidation sites excluding steroid dienone is 2. The summed E-state index contributed by atoms with van der Waals surface area (Å²) in [6.07, 6.45) is 10.0. The van der Waals surface area contributed by atoms with E-state index in [-0.39, 0.29) is 12.3 Å². The van der Waals surface area contributed by atoms with Crippen molar-refractivity contribution in [2.24, 2.45) is 0 Å². The van der Waals surface area contributed by atoms with Crippen LogP contribution in [0.3, 0.4) is 0 Å². The zero-order chi connectivity index (χ0) is 39.1. The minimum Gasteiger partial charge on any atom is -0.333 e. The van der Waals surface area contributed by atoms with Crippen LogP contribution in [0, 0.1) is 0 Å². The van der Waals surface area contributed by atoms with Crippen LogP contribution < -0.4 is 26.2 Å². The first kappa shape index (κ1) is 33.8. The Labute approximate surface area is 345 Å². The topological polar surface area (TPSA) is 11.4 Å². The monoisotopic (exact) mass is 753 g/mol. The van der Waals surface area contributed by atoms with Crippen molar-refractivity contribution in [3.05, 3.63) is 212 Å². The molecule has 1 unspecified atom stereocenters. The van der Waals surface area contributed by atoms with Crippen LogP contribution >= 0.6 is 0 Å². The molecule has 12 rings (SSSR count). The minimum absolute atomic E-state index is 0.0827. The molecular formula is C55H40BN3. The van der Waals surface area contributed by atoms with E-state index in [2.05, 4.69) is 234 Å². The quantitative estimate of drug-likeness (QED) is 0.162. The Balaban J connectivity index is 0.987. The van der Waals surface area contributed by atoms with Crippen molar-refractivity contribution in [1.82, 2.24) is 4.57 Å². The van der Waals surface area contributed by atoms with Crippen molar-refractivity contribution in [3.8, 4) is 27.9 Å². The van der Waals surface area contributed by atoms with Gasteiger partial charge in [0.25, 0.3) is 6.71 Å². The lowest BCUT2D eigenvalue weighted by molar-refractivity contribution is 0.571. The zero-order valence-electron chi connectivity index (χ0n) is 32.8. The number of benzene rings is 8. The number of rotatable bonds is 5. The molecule has 0 saturated carbocycles. The Hall–Kier alpha value is -7.30. The SMILES string of the molecule is CC1(N2c3ccc(-c4ccc(-c5ccc6c(c5)c5ccccc5n6-c5ccccc5)cc4)cc3B3c4ccccc4N(c4ccccc4)c4cccc2c43)C=CC=CC1. The highest BCUT2D eigenvalue weighted by atomic mass is 15.2. The molecule has 4 heteroatoms. The van der Waals surface area contributed by atoms with Crippen LogP contribution in [0.4, 0.5) is 28.4 Å². The molecule has 3 aliphatic rings. The van der Waals surface area contributed by atoms with Gasteiger partial charge in [-0.2, -0.15) is 0 Å². The van der Waals surface area contributed by atoms with Crippen molar-refractivity contribution < 1.29 is 0 Å². The fourth-order valence-corrected chi connectivity index (χ4v) is 10.2. The molecule has 1 aromatic heterocycles. The molecule has 2 aliphatic heterocycles. The lowest BCUT2D eigenvalue weighted by Crippen LogP contribution is -2.64. The molecule has 1 atom stereocenters. The van der Waals surface area contributed by atoms with Crippen molar-refractivity contribution in [2.75, 3.05) is 9.80 Å². The average Bonchev–Trinajstić information content (AvgIpc) is 3.63. The summed E-state index contributed by atoms with van der Waals surface area (Å²) in [4.78, 5) is 5.08. The van der Waals surface area contributed by atoms with E-state index < -0.39 is 0 Å². The lowest BCUT2D eigenvalue weighted by atomic mass is 9.33. The van der Waals surface area contributed by atoms with Crippen LogP contribution in [-0.2, 0) is 0 Å². The van der Waals surface area contributed by atoms with E-state index in [9.17, 15) is 0 Å². The first-order valence-electron chi connectivity index (χ1n) is 20.7. The van der Waals surface area contributed by atoms with Gasteiger partial charge in [-0.05, 0) is 119 Å². The molecule has 3 heterocycles. The maximum Gasteiger partial charge on any atom is 0.252 e. The van der Waals surface area contributed by atoms with Gasteiger partial charge in [0.1, 0.15) is 0 Å². The highest BCUT2D eigenvalue weighted by Crippen LogP contribution is 2.45. The second-order valence-corrected chi connectivity index (χ2v) is 16.3. The van der Waals surface area contributed by atoms with Crippen LogP contribution in [0.25, 0.3) is 49.7 Å². The summed E-state index contributed by atoms with van der Waals surface area (Å²) in [5.41, 5.74) is 18.5. The van der Waals surface area contributed by atoms with E-state index in [1.807, 2.05) is 0 Å². The largest absolute Gasteiger partial charge is 0.333 e. The van der Waals surface area contributed by atoms with Crippen LogP contribution in [-0.4, -0.2) is 16.8 Å². The molecule has 0 saturated heterocycles. The number of hydrogen-bond donors (Lipinski definition) is 0. The summed E-state index contributed by atoms with van der Waals surface area (Å²) in [7, 11) is 0. The molecule has 0 radical (unpaired) electrons. The van der Waals surface area contributed by atoms with E-state index in [1.165, 1.54) is 94.6 Å². The molecule has 278 valence electrons. The van der Waals surface area contributed by atoms with Crippen LogP contribution in [0.2, 0.25) is 0 Å². The Morgan fingerprint density at radius 2 is 1.08 bits per heavy atom. The molecule has 8 aromatic carbocycles. The Kier molecular flexibility index (Phi) is 7.52. The van der Waals surface area contributed by atoms with E-state index in [0.29, 0.717) is 0 Å². The van der Waals surface area contributed by atoms with Crippen molar-refractivity contribution >= 4 is 73.3 Å². The molecule has 3 nitrogen and oxygen atoms in total. The number of aromatic nitrogens is 1. The number of fused-ring (bicyclic) bond motifs is 7. The highest BCUT2D eigenvalue weighted by Gasteiger charge is 2.46. The predicted molar refractivity (Wildman–Crippen MR) is 251 cm³/mol. The minimum atomic E-state index is -0.226. The van der Waals surface area contributed by atoms with Gasteiger partial charge in [-0.3, -0.25) is 0 Å². The van der Waals surface area contributed by atoms with Crippen LogP contribution in [0.1, 0.15) is 13.3 Å². The molecule has 0 fully saturated rings. The molecule has 0 N–H and O–H groups in total. The van der Waals surface area contributed by atoms with Gasteiger partial charge in [0.05, 0.1) is 16.6 Å². The van der Waals surface area contributed by atoms with Crippen molar-refractivity contribution in [2.45, 2.75) is 18.9 Å².